The second-order valence-corrected chi connectivity index (χ2v) is 4.57. The molecule has 0 radical (unpaired) electrons. The second kappa shape index (κ2) is 5.26. The van der Waals surface area contributed by atoms with Gasteiger partial charge in [-0.15, -0.1) is 0 Å². The number of nitrogens with two attached hydrogens (primary N) is 1. The molecule has 0 aliphatic carbocycles. The van der Waals surface area contributed by atoms with E-state index in [-0.39, 0.29) is 18.1 Å². The first-order chi connectivity index (χ1) is 9.02. The molecule has 19 heavy (non-hydrogen) atoms. The van der Waals surface area contributed by atoms with Crippen molar-refractivity contribution < 1.29 is 14.0 Å². The molecule has 0 bridgehead atoms. The quantitative estimate of drug-likeness (QED) is 0.641. The van der Waals surface area contributed by atoms with Crippen molar-refractivity contribution in [3.63, 3.8) is 0 Å². The molecule has 6 heteroatoms. The molecule has 1 atom stereocenters. The molecule has 1 aliphatic rings. The zero-order chi connectivity index (χ0) is 14.0. The van der Waals surface area contributed by atoms with Gasteiger partial charge in [0.25, 0.3) is 5.91 Å². The van der Waals surface area contributed by atoms with Gasteiger partial charge in [0.1, 0.15) is 11.9 Å². The Kier molecular flexibility index (Phi) is 3.69. The molecule has 3 amide bonds. The molecule has 1 saturated heterocycles. The van der Waals surface area contributed by atoms with E-state index in [0.717, 1.165) is 11.3 Å². The number of hydrogen-bond donors (Lipinski definition) is 2. The molecule has 0 aromatic heterocycles. The molecule has 1 aromatic carbocycles. The van der Waals surface area contributed by atoms with Gasteiger partial charge in [0, 0.05) is 0 Å². The maximum atomic E-state index is 13.3. The summed E-state index contributed by atoms with van der Waals surface area (Å²) in [4.78, 5) is 24.8. The smallest absolute Gasteiger partial charge is 0.325 e. The van der Waals surface area contributed by atoms with Gasteiger partial charge in [-0.2, -0.15) is 0 Å². The summed E-state index contributed by atoms with van der Waals surface area (Å²) >= 11 is 0. The third-order valence-corrected chi connectivity index (χ3v) is 3.09. The number of nitrogens with one attached hydrogen (secondary N) is 1. The maximum Gasteiger partial charge on any atom is 0.325 e. The number of urea groups is 1. The summed E-state index contributed by atoms with van der Waals surface area (Å²) in [5, 5.41) is 2.62. The number of anilines is 1. The second-order valence-electron chi connectivity index (χ2n) is 4.57. The number of nitrogen functional groups attached to an aromatic ring is 1. The van der Waals surface area contributed by atoms with E-state index in [2.05, 4.69) is 5.32 Å². The third kappa shape index (κ3) is 2.67. The van der Waals surface area contributed by atoms with Gasteiger partial charge in [-0.25, -0.2) is 9.18 Å². The predicted molar refractivity (Wildman–Crippen MR) is 68.6 cm³/mol. The van der Waals surface area contributed by atoms with Crippen LogP contribution in [0.25, 0.3) is 0 Å². The van der Waals surface area contributed by atoms with Crippen molar-refractivity contribution in [1.29, 1.82) is 0 Å². The van der Waals surface area contributed by atoms with E-state index >= 15 is 0 Å². The number of hydrogen-bond acceptors (Lipinski definition) is 3. The SMILES string of the molecule is CCCC1NC(=O)N(Cc2ccc(N)c(F)c2)C1=O. The molecule has 0 spiro atoms. The van der Waals surface area contributed by atoms with Gasteiger partial charge in [0.05, 0.1) is 12.2 Å². The van der Waals surface area contributed by atoms with Crippen LogP contribution in [-0.2, 0) is 11.3 Å². The lowest BCUT2D eigenvalue weighted by molar-refractivity contribution is -0.128. The largest absolute Gasteiger partial charge is 0.396 e. The van der Waals surface area contributed by atoms with Crippen molar-refractivity contribution in [2.24, 2.45) is 0 Å². The first-order valence-electron chi connectivity index (χ1n) is 6.18. The minimum absolute atomic E-state index is 0.0461. The topological polar surface area (TPSA) is 75.4 Å². The summed E-state index contributed by atoms with van der Waals surface area (Å²) in [6, 6.07) is 3.37. The molecule has 1 unspecified atom stereocenters. The summed E-state index contributed by atoms with van der Waals surface area (Å²) in [6.45, 7) is 2.00. The summed E-state index contributed by atoms with van der Waals surface area (Å²) in [5.41, 5.74) is 5.96. The summed E-state index contributed by atoms with van der Waals surface area (Å²) in [6.07, 6.45) is 1.41. The molecule has 1 fully saturated rings. The first kappa shape index (κ1) is 13.3. The fraction of sp³-hybridized carbons (Fsp3) is 0.385. The number of rotatable bonds is 4. The average molecular weight is 265 g/mol. The molecule has 3 N–H and O–H groups in total. The third-order valence-electron chi connectivity index (χ3n) is 3.09. The zero-order valence-electron chi connectivity index (χ0n) is 10.6. The molecule has 5 nitrogen and oxygen atoms in total. The van der Waals surface area contributed by atoms with Crippen LogP contribution in [0.5, 0.6) is 0 Å². The maximum absolute atomic E-state index is 13.3. The van der Waals surface area contributed by atoms with E-state index in [1.807, 2.05) is 6.92 Å². The summed E-state index contributed by atoms with van der Waals surface area (Å²) in [5.74, 6) is -0.807. The number of benzene rings is 1. The van der Waals surface area contributed by atoms with E-state index in [9.17, 15) is 14.0 Å². The highest BCUT2D eigenvalue weighted by atomic mass is 19.1. The fourth-order valence-corrected chi connectivity index (χ4v) is 2.06. The van der Waals surface area contributed by atoms with Gasteiger partial charge in [-0.05, 0) is 24.1 Å². The zero-order valence-corrected chi connectivity index (χ0v) is 10.6. The Morgan fingerprint density at radius 1 is 1.42 bits per heavy atom. The standard InChI is InChI=1S/C13H16FN3O2/c1-2-3-11-12(18)17(13(19)16-11)7-8-4-5-10(15)9(14)6-8/h4-6,11H,2-3,7,15H2,1H3,(H,16,19). The number of nitrogens with zero attached hydrogens (tertiary/aromatic N) is 1. The Morgan fingerprint density at radius 3 is 2.79 bits per heavy atom. The molecule has 1 aliphatic heterocycles. The van der Waals surface area contributed by atoms with E-state index in [4.69, 9.17) is 5.73 Å². The number of carbonyl (C=O) groups is 2. The molecule has 2 rings (SSSR count). The highest BCUT2D eigenvalue weighted by Gasteiger charge is 2.37. The van der Waals surface area contributed by atoms with Crippen LogP contribution in [0, 0.1) is 5.82 Å². The van der Waals surface area contributed by atoms with E-state index in [0.29, 0.717) is 12.0 Å². The van der Waals surface area contributed by atoms with Crippen molar-refractivity contribution in [2.75, 3.05) is 5.73 Å². The minimum atomic E-state index is -0.547. The highest BCUT2D eigenvalue weighted by molar-refractivity contribution is 6.04. The van der Waals surface area contributed by atoms with Gasteiger partial charge >= 0.3 is 6.03 Å². The highest BCUT2D eigenvalue weighted by Crippen LogP contribution is 2.17. The van der Waals surface area contributed by atoms with Crippen LogP contribution in [0.2, 0.25) is 0 Å². The predicted octanol–water partition coefficient (Wildman–Crippen LogP) is 1.63. The van der Waals surface area contributed by atoms with Crippen LogP contribution in [0.3, 0.4) is 0 Å². The molecule has 102 valence electrons. The van der Waals surface area contributed by atoms with Crippen molar-refractivity contribution in [1.82, 2.24) is 10.2 Å². The van der Waals surface area contributed by atoms with E-state index in [1.165, 1.54) is 12.1 Å². The molecule has 1 aromatic rings. The van der Waals surface area contributed by atoms with Crippen LogP contribution in [-0.4, -0.2) is 22.9 Å². The van der Waals surface area contributed by atoms with E-state index < -0.39 is 17.9 Å². The first-order valence-corrected chi connectivity index (χ1v) is 6.18. The Balaban J connectivity index is 2.12. The van der Waals surface area contributed by atoms with Crippen molar-refractivity contribution >= 4 is 17.6 Å². The number of amides is 3. The fourth-order valence-electron chi connectivity index (χ4n) is 2.06. The van der Waals surface area contributed by atoms with Crippen molar-refractivity contribution in [3.05, 3.63) is 29.6 Å². The summed E-state index contributed by atoms with van der Waals surface area (Å²) < 4.78 is 13.3. The molecular weight excluding hydrogens is 249 g/mol. The Bertz CT molecular complexity index is 519. The molecule has 0 saturated carbocycles. The number of imide groups is 1. The molecular formula is C13H16FN3O2. The van der Waals surface area contributed by atoms with Gasteiger partial charge in [0.2, 0.25) is 0 Å². The van der Waals surface area contributed by atoms with Gasteiger partial charge in [-0.1, -0.05) is 19.4 Å². The van der Waals surface area contributed by atoms with Crippen LogP contribution in [0.1, 0.15) is 25.3 Å². The van der Waals surface area contributed by atoms with Gasteiger partial charge < -0.3 is 11.1 Å². The normalized spacial score (nSPS) is 18.8. The monoisotopic (exact) mass is 265 g/mol. The van der Waals surface area contributed by atoms with E-state index in [1.54, 1.807) is 6.07 Å². The van der Waals surface area contributed by atoms with Gasteiger partial charge in [-0.3, -0.25) is 9.69 Å². The average Bonchev–Trinajstić information content (AvgIpc) is 2.62. The lowest BCUT2D eigenvalue weighted by Crippen LogP contribution is -2.31. The van der Waals surface area contributed by atoms with Gasteiger partial charge in [0.15, 0.2) is 0 Å². The van der Waals surface area contributed by atoms with Crippen LogP contribution >= 0.6 is 0 Å². The number of halogens is 1. The Morgan fingerprint density at radius 2 is 2.16 bits per heavy atom. The van der Waals surface area contributed by atoms with Crippen LogP contribution in [0.15, 0.2) is 18.2 Å². The van der Waals surface area contributed by atoms with Crippen LogP contribution in [0.4, 0.5) is 14.9 Å². The molecule has 1 heterocycles. The number of carbonyl (C=O) groups excluding carboxylic acids is 2. The Labute approximate surface area is 110 Å². The summed E-state index contributed by atoms with van der Waals surface area (Å²) in [7, 11) is 0. The Hall–Kier alpha value is -2.11. The lowest BCUT2D eigenvalue weighted by Gasteiger charge is -2.13. The lowest BCUT2D eigenvalue weighted by atomic mass is 10.1. The van der Waals surface area contributed by atoms with Crippen molar-refractivity contribution in [2.45, 2.75) is 32.4 Å². The minimum Gasteiger partial charge on any atom is -0.396 e. The van der Waals surface area contributed by atoms with Crippen LogP contribution < -0.4 is 11.1 Å². The van der Waals surface area contributed by atoms with Crippen molar-refractivity contribution in [3.8, 4) is 0 Å².